The summed E-state index contributed by atoms with van der Waals surface area (Å²) in [7, 11) is 0. The van der Waals surface area contributed by atoms with Gasteiger partial charge in [0, 0.05) is 27.8 Å². The fourth-order valence-corrected chi connectivity index (χ4v) is 4.49. The van der Waals surface area contributed by atoms with Gasteiger partial charge in [0.05, 0.1) is 12.1 Å². The minimum atomic E-state index is -0.140. The first-order valence-corrected chi connectivity index (χ1v) is 11.6. The van der Waals surface area contributed by atoms with Crippen LogP contribution >= 0.6 is 11.6 Å². The highest BCUT2D eigenvalue weighted by Crippen LogP contribution is 2.30. The summed E-state index contributed by atoms with van der Waals surface area (Å²) < 4.78 is 7.93. The second-order valence-corrected chi connectivity index (χ2v) is 8.94. The van der Waals surface area contributed by atoms with Crippen LogP contribution in [-0.2, 0) is 17.9 Å². The van der Waals surface area contributed by atoms with Crippen molar-refractivity contribution in [2.24, 2.45) is 0 Å². The number of piperidine rings is 1. The van der Waals surface area contributed by atoms with Crippen molar-refractivity contribution < 1.29 is 9.21 Å². The van der Waals surface area contributed by atoms with Crippen LogP contribution in [0.15, 0.2) is 53.1 Å². The number of hydrogen-bond acceptors (Lipinski definition) is 5. The van der Waals surface area contributed by atoms with Gasteiger partial charge in [-0.3, -0.25) is 9.69 Å². The van der Waals surface area contributed by atoms with Gasteiger partial charge >= 0.3 is 0 Å². The van der Waals surface area contributed by atoms with Gasteiger partial charge < -0.3 is 14.3 Å². The van der Waals surface area contributed by atoms with Gasteiger partial charge in [0.2, 0.25) is 17.7 Å². The molecule has 0 bridgehead atoms. The lowest BCUT2D eigenvalue weighted by Gasteiger charge is -2.24. The molecular weight excluding hydrogens is 438 g/mol. The molecule has 1 aliphatic heterocycles. The third-order valence-electron chi connectivity index (χ3n) is 6.06. The highest BCUT2D eigenvalue weighted by molar-refractivity contribution is 6.31. The largest absolute Gasteiger partial charge is 0.419 e. The second kappa shape index (κ2) is 9.37. The number of anilines is 1. The van der Waals surface area contributed by atoms with E-state index in [0.29, 0.717) is 29.0 Å². The molecule has 1 N–H and O–H groups in total. The molecule has 170 valence electrons. The number of amides is 1. The Morgan fingerprint density at radius 1 is 1.12 bits per heavy atom. The van der Waals surface area contributed by atoms with Crippen LogP contribution in [0.25, 0.3) is 22.4 Å². The van der Waals surface area contributed by atoms with Crippen LogP contribution in [0.2, 0.25) is 5.02 Å². The van der Waals surface area contributed by atoms with Crippen molar-refractivity contribution in [2.45, 2.75) is 39.3 Å². The lowest BCUT2D eigenvalue weighted by Crippen LogP contribution is -2.29. The van der Waals surface area contributed by atoms with Crippen LogP contribution in [0.3, 0.4) is 0 Å². The quantitative estimate of drug-likeness (QED) is 0.421. The maximum absolute atomic E-state index is 12.8. The number of nitrogens with zero attached hydrogens (tertiary/aromatic N) is 4. The first kappa shape index (κ1) is 21.7. The van der Waals surface area contributed by atoms with Crippen molar-refractivity contribution in [3.63, 3.8) is 0 Å². The van der Waals surface area contributed by atoms with Crippen molar-refractivity contribution in [1.29, 1.82) is 0 Å². The fraction of sp³-hybridized carbons (Fsp3) is 0.320. The molecule has 3 heterocycles. The first-order valence-electron chi connectivity index (χ1n) is 11.3. The molecule has 1 amide bonds. The Bertz CT molecular complexity index is 1290. The Hall–Kier alpha value is -3.16. The van der Waals surface area contributed by atoms with Gasteiger partial charge in [-0.05, 0) is 56.6 Å². The molecule has 0 saturated carbocycles. The molecule has 2 aromatic heterocycles. The van der Waals surface area contributed by atoms with Crippen molar-refractivity contribution >= 4 is 34.1 Å². The number of likely N-dealkylation sites (tertiary alicyclic amines) is 1. The van der Waals surface area contributed by atoms with Crippen LogP contribution < -0.4 is 5.32 Å². The molecular formula is C25H26ClN5O2. The molecule has 4 aromatic rings. The van der Waals surface area contributed by atoms with E-state index in [9.17, 15) is 4.79 Å². The highest BCUT2D eigenvalue weighted by atomic mass is 35.5. The van der Waals surface area contributed by atoms with Crippen molar-refractivity contribution in [3.05, 3.63) is 65.1 Å². The number of hydrogen-bond donors (Lipinski definition) is 1. The monoisotopic (exact) mass is 463 g/mol. The average Bonchev–Trinajstić information content (AvgIpc) is 3.42. The van der Waals surface area contributed by atoms with Crippen LogP contribution in [0.1, 0.15) is 30.7 Å². The zero-order valence-corrected chi connectivity index (χ0v) is 19.3. The molecule has 8 heteroatoms. The van der Waals surface area contributed by atoms with E-state index in [1.54, 1.807) is 6.07 Å². The molecule has 1 aliphatic rings. The van der Waals surface area contributed by atoms with Gasteiger partial charge in [-0.15, -0.1) is 10.2 Å². The van der Waals surface area contributed by atoms with E-state index in [0.717, 1.165) is 35.1 Å². The van der Waals surface area contributed by atoms with Gasteiger partial charge in [0.1, 0.15) is 6.54 Å². The predicted octanol–water partition coefficient (Wildman–Crippen LogP) is 5.28. The average molecular weight is 464 g/mol. The SMILES string of the molecule is Cc1ccc(NC(=O)Cn2cc(-c3nnc(CN4CCCCC4)o3)c3ccccc32)cc1Cl. The molecule has 5 rings (SSSR count). The first-order chi connectivity index (χ1) is 16.1. The summed E-state index contributed by atoms with van der Waals surface area (Å²) >= 11 is 6.19. The number of aryl methyl sites for hydroxylation is 1. The maximum atomic E-state index is 12.8. The molecule has 2 aromatic carbocycles. The third-order valence-corrected chi connectivity index (χ3v) is 6.47. The molecule has 7 nitrogen and oxygen atoms in total. The predicted molar refractivity (Wildman–Crippen MR) is 129 cm³/mol. The molecule has 33 heavy (non-hydrogen) atoms. The van der Waals surface area contributed by atoms with E-state index in [-0.39, 0.29) is 12.5 Å². The summed E-state index contributed by atoms with van der Waals surface area (Å²) in [5.74, 6) is 0.957. The number of aromatic nitrogens is 3. The Morgan fingerprint density at radius 2 is 1.94 bits per heavy atom. The zero-order valence-electron chi connectivity index (χ0n) is 18.6. The maximum Gasteiger partial charge on any atom is 0.249 e. The number of para-hydroxylation sites is 1. The molecule has 1 saturated heterocycles. The smallest absolute Gasteiger partial charge is 0.249 e. The van der Waals surface area contributed by atoms with Gasteiger partial charge in [-0.2, -0.15) is 0 Å². The lowest BCUT2D eigenvalue weighted by molar-refractivity contribution is -0.116. The van der Waals surface area contributed by atoms with Crippen molar-refractivity contribution in [3.8, 4) is 11.5 Å². The topological polar surface area (TPSA) is 76.2 Å². The molecule has 1 fully saturated rings. The van der Waals surface area contributed by atoms with Gasteiger partial charge in [0.25, 0.3) is 0 Å². The molecule has 0 radical (unpaired) electrons. The van der Waals surface area contributed by atoms with E-state index in [1.807, 2.05) is 54.1 Å². The Labute approximate surface area is 197 Å². The Balaban J connectivity index is 1.37. The van der Waals surface area contributed by atoms with Crippen LogP contribution in [0, 0.1) is 6.92 Å². The zero-order chi connectivity index (χ0) is 22.8. The van der Waals surface area contributed by atoms with Crippen LogP contribution in [0.4, 0.5) is 5.69 Å². The van der Waals surface area contributed by atoms with Crippen LogP contribution in [0.5, 0.6) is 0 Å². The van der Waals surface area contributed by atoms with E-state index < -0.39 is 0 Å². The summed E-state index contributed by atoms with van der Waals surface area (Å²) in [5, 5.41) is 13.1. The minimum absolute atomic E-state index is 0.140. The van der Waals surface area contributed by atoms with E-state index in [1.165, 1.54) is 19.3 Å². The molecule has 0 unspecified atom stereocenters. The van der Waals surface area contributed by atoms with Crippen LogP contribution in [-0.4, -0.2) is 38.7 Å². The summed E-state index contributed by atoms with van der Waals surface area (Å²) in [6.07, 6.45) is 5.62. The fourth-order valence-electron chi connectivity index (χ4n) is 4.31. The van der Waals surface area contributed by atoms with E-state index in [4.69, 9.17) is 16.0 Å². The number of halogens is 1. The van der Waals surface area contributed by atoms with Gasteiger partial charge in [0.15, 0.2) is 0 Å². The molecule has 0 spiro atoms. The van der Waals surface area contributed by atoms with Crippen molar-refractivity contribution in [2.75, 3.05) is 18.4 Å². The lowest BCUT2D eigenvalue weighted by atomic mass is 10.1. The third kappa shape index (κ3) is 4.79. The molecule has 0 atom stereocenters. The number of carbonyl (C=O) groups is 1. The number of carbonyl (C=O) groups excluding carboxylic acids is 1. The Kier molecular flexibility index (Phi) is 6.15. The summed E-state index contributed by atoms with van der Waals surface area (Å²) in [5.41, 5.74) is 3.40. The number of benzene rings is 2. The van der Waals surface area contributed by atoms with Crippen molar-refractivity contribution in [1.82, 2.24) is 19.7 Å². The normalized spacial score (nSPS) is 14.6. The summed E-state index contributed by atoms with van der Waals surface area (Å²) in [6, 6.07) is 13.4. The Morgan fingerprint density at radius 3 is 2.76 bits per heavy atom. The van der Waals surface area contributed by atoms with Gasteiger partial charge in [-0.1, -0.05) is 42.3 Å². The number of rotatable bonds is 6. The highest BCUT2D eigenvalue weighted by Gasteiger charge is 2.19. The number of nitrogens with one attached hydrogen (secondary N) is 1. The second-order valence-electron chi connectivity index (χ2n) is 8.54. The summed E-state index contributed by atoms with van der Waals surface area (Å²) in [4.78, 5) is 15.1. The van der Waals surface area contributed by atoms with Gasteiger partial charge in [-0.25, -0.2) is 0 Å². The van der Waals surface area contributed by atoms with E-state index >= 15 is 0 Å². The summed E-state index contributed by atoms with van der Waals surface area (Å²) in [6.45, 7) is 4.89. The molecule has 0 aliphatic carbocycles. The standard InChI is InChI=1S/C25H26ClN5O2/c1-17-9-10-18(13-21(17)26)27-23(32)15-31-14-20(19-7-3-4-8-22(19)31)25-29-28-24(33-25)16-30-11-5-2-6-12-30/h3-4,7-10,13-14H,2,5-6,11-12,15-16H2,1H3,(H,27,32). The number of fused-ring (bicyclic) bond motifs is 1. The van der Waals surface area contributed by atoms with E-state index in [2.05, 4.69) is 20.4 Å². The minimum Gasteiger partial charge on any atom is -0.419 e.